The molecule has 0 saturated carbocycles. The van der Waals surface area contributed by atoms with Gasteiger partial charge in [0, 0.05) is 33.2 Å². The third kappa shape index (κ3) is 4.52. The van der Waals surface area contributed by atoms with Gasteiger partial charge in [-0.1, -0.05) is 91.0 Å². The van der Waals surface area contributed by atoms with Crippen molar-refractivity contribution < 1.29 is 0 Å². The maximum Gasteiger partial charge on any atom is 0.0992 e. The highest BCUT2D eigenvalue weighted by Crippen LogP contribution is 2.50. The fraction of sp³-hybridized carbons (Fsp3) is 0.0652. The zero-order valence-corrected chi connectivity index (χ0v) is 27.7. The van der Waals surface area contributed by atoms with Gasteiger partial charge in [0.25, 0.3) is 0 Å². The van der Waals surface area contributed by atoms with E-state index in [1.807, 2.05) is 91.9 Å². The molecule has 2 aromatic heterocycles. The predicted molar refractivity (Wildman–Crippen MR) is 205 cm³/mol. The first kappa shape index (κ1) is 30.0. The summed E-state index contributed by atoms with van der Waals surface area (Å²) in [5.41, 5.74) is 9.62. The van der Waals surface area contributed by atoms with E-state index in [9.17, 15) is 15.8 Å². The van der Waals surface area contributed by atoms with Crippen LogP contribution in [0.3, 0.4) is 0 Å². The SMILES string of the molecule is CC1(C#N)C=CC=C(c2ccc(-n3c4ccccc4c4cc(C#N)ccc43)cc2)C1c1ccccc1-n1c2ccccc2c2ccc(C#N)cc21. The van der Waals surface area contributed by atoms with Crippen molar-refractivity contribution in [3.63, 3.8) is 0 Å². The summed E-state index contributed by atoms with van der Waals surface area (Å²) in [6, 6.07) is 52.5. The van der Waals surface area contributed by atoms with E-state index in [1.165, 1.54) is 0 Å². The summed E-state index contributed by atoms with van der Waals surface area (Å²) in [7, 11) is 0. The minimum absolute atomic E-state index is 0.289. The van der Waals surface area contributed by atoms with Crippen molar-refractivity contribution in [1.82, 2.24) is 9.13 Å². The van der Waals surface area contributed by atoms with E-state index in [2.05, 4.69) is 94.1 Å². The van der Waals surface area contributed by atoms with E-state index in [4.69, 9.17) is 0 Å². The monoisotopic (exact) mass is 651 g/mol. The second-order valence-electron chi connectivity index (χ2n) is 13.3. The van der Waals surface area contributed by atoms with Gasteiger partial charge in [-0.05, 0) is 84.3 Å². The van der Waals surface area contributed by atoms with Gasteiger partial charge in [0.05, 0.1) is 62.5 Å². The first-order valence-corrected chi connectivity index (χ1v) is 16.9. The molecular weight excluding hydrogens is 623 g/mol. The highest BCUT2D eigenvalue weighted by atomic mass is 15.0. The number of hydrogen-bond acceptors (Lipinski definition) is 3. The average molecular weight is 652 g/mol. The maximum atomic E-state index is 10.8. The fourth-order valence-corrected chi connectivity index (χ4v) is 8.08. The Morgan fingerprint density at radius 2 is 1.18 bits per heavy atom. The Hall–Kier alpha value is -7.13. The van der Waals surface area contributed by atoms with E-state index in [1.54, 1.807) is 0 Å². The lowest BCUT2D eigenvalue weighted by Gasteiger charge is -2.35. The Balaban J connectivity index is 1.22. The summed E-state index contributed by atoms with van der Waals surface area (Å²) in [4.78, 5) is 0. The Labute approximate surface area is 295 Å². The molecule has 0 bridgehead atoms. The number of para-hydroxylation sites is 3. The summed E-state index contributed by atoms with van der Waals surface area (Å²) in [6.45, 7) is 2.01. The summed E-state index contributed by atoms with van der Waals surface area (Å²) >= 11 is 0. The summed E-state index contributed by atoms with van der Waals surface area (Å²) in [6.07, 6.45) is 6.16. The molecule has 2 atom stereocenters. The van der Waals surface area contributed by atoms with Crippen molar-refractivity contribution in [2.45, 2.75) is 12.8 Å². The van der Waals surface area contributed by atoms with E-state index < -0.39 is 5.41 Å². The number of fused-ring (bicyclic) bond motifs is 6. The summed E-state index contributed by atoms with van der Waals surface area (Å²) < 4.78 is 4.49. The van der Waals surface area contributed by atoms with Crippen molar-refractivity contribution in [3.8, 4) is 29.6 Å². The van der Waals surface area contributed by atoms with Crippen molar-refractivity contribution in [2.24, 2.45) is 5.41 Å². The van der Waals surface area contributed by atoms with E-state index in [0.29, 0.717) is 11.1 Å². The molecule has 51 heavy (non-hydrogen) atoms. The lowest BCUT2D eigenvalue weighted by atomic mass is 9.66. The molecule has 2 unspecified atom stereocenters. The number of aromatic nitrogens is 2. The lowest BCUT2D eigenvalue weighted by molar-refractivity contribution is 0.509. The first-order valence-electron chi connectivity index (χ1n) is 16.9. The fourth-order valence-electron chi connectivity index (χ4n) is 8.08. The van der Waals surface area contributed by atoms with Crippen molar-refractivity contribution in [3.05, 3.63) is 174 Å². The normalized spacial score (nSPS) is 17.0. The molecule has 8 aromatic rings. The Morgan fingerprint density at radius 1 is 0.569 bits per heavy atom. The third-order valence-corrected chi connectivity index (χ3v) is 10.4. The minimum atomic E-state index is -0.833. The lowest BCUT2D eigenvalue weighted by Crippen LogP contribution is -2.26. The number of nitrogens with zero attached hydrogens (tertiary/aromatic N) is 5. The number of hydrogen-bond donors (Lipinski definition) is 0. The zero-order valence-electron chi connectivity index (χ0n) is 27.7. The van der Waals surface area contributed by atoms with Crippen LogP contribution in [-0.2, 0) is 0 Å². The van der Waals surface area contributed by atoms with E-state index in [-0.39, 0.29) is 5.92 Å². The average Bonchev–Trinajstić information content (AvgIpc) is 3.70. The van der Waals surface area contributed by atoms with Crippen LogP contribution in [0.25, 0.3) is 60.6 Å². The van der Waals surface area contributed by atoms with Crippen molar-refractivity contribution in [2.75, 3.05) is 0 Å². The van der Waals surface area contributed by atoms with E-state index in [0.717, 1.165) is 71.7 Å². The molecule has 0 aliphatic heterocycles. The molecular formula is C46H29N5. The van der Waals surface area contributed by atoms with E-state index >= 15 is 0 Å². The molecule has 238 valence electrons. The van der Waals surface area contributed by atoms with Gasteiger partial charge in [0.1, 0.15) is 0 Å². The summed E-state index contributed by atoms with van der Waals surface area (Å²) in [5.74, 6) is -0.289. The molecule has 0 saturated heterocycles. The van der Waals surface area contributed by atoms with Crippen LogP contribution in [0, 0.1) is 39.4 Å². The Kier molecular flexibility index (Phi) is 6.75. The molecule has 2 heterocycles. The van der Waals surface area contributed by atoms with Gasteiger partial charge in [-0.15, -0.1) is 0 Å². The molecule has 1 aliphatic carbocycles. The van der Waals surface area contributed by atoms with Crippen LogP contribution in [-0.4, -0.2) is 9.13 Å². The minimum Gasteiger partial charge on any atom is -0.309 e. The van der Waals surface area contributed by atoms with Gasteiger partial charge in [-0.3, -0.25) is 0 Å². The molecule has 0 amide bonds. The van der Waals surface area contributed by atoms with Crippen LogP contribution < -0.4 is 0 Å². The maximum absolute atomic E-state index is 10.8. The number of nitriles is 3. The molecule has 9 rings (SSSR count). The van der Waals surface area contributed by atoms with Crippen LogP contribution >= 0.6 is 0 Å². The smallest absolute Gasteiger partial charge is 0.0992 e. The molecule has 0 radical (unpaired) electrons. The van der Waals surface area contributed by atoms with Gasteiger partial charge >= 0.3 is 0 Å². The van der Waals surface area contributed by atoms with Gasteiger partial charge < -0.3 is 9.13 Å². The number of rotatable bonds is 4. The molecule has 6 aromatic carbocycles. The van der Waals surface area contributed by atoms with Crippen LogP contribution in [0.1, 0.15) is 35.1 Å². The van der Waals surface area contributed by atoms with Crippen LogP contribution in [0.15, 0.2) is 152 Å². The second-order valence-corrected chi connectivity index (χ2v) is 13.3. The van der Waals surface area contributed by atoms with Crippen molar-refractivity contribution >= 4 is 49.2 Å². The summed E-state index contributed by atoms with van der Waals surface area (Å²) in [5, 5.41) is 34.5. The number of allylic oxidation sites excluding steroid dienone is 4. The Bertz CT molecular complexity index is 2910. The van der Waals surface area contributed by atoms with Gasteiger partial charge in [0.2, 0.25) is 0 Å². The number of benzene rings is 6. The molecule has 5 nitrogen and oxygen atoms in total. The van der Waals surface area contributed by atoms with Crippen LogP contribution in [0.5, 0.6) is 0 Å². The molecule has 0 fully saturated rings. The quantitative estimate of drug-likeness (QED) is 0.190. The Morgan fingerprint density at radius 3 is 1.92 bits per heavy atom. The standard InChI is InChI=1S/C46H29N5/c1-46(29-49)24-8-12-34(32-18-20-33(21-19-32)50-40-13-5-3-10-36(40)39-25-30(27-47)17-23-43(39)50)45(46)38-11-4-7-15-42(38)51-41-14-6-2-9-35(41)37-22-16-31(28-48)26-44(37)51/h2-26,45H,1H3. The second kappa shape index (κ2) is 11.5. The van der Waals surface area contributed by atoms with Crippen molar-refractivity contribution in [1.29, 1.82) is 15.8 Å². The molecule has 1 aliphatic rings. The highest BCUT2D eigenvalue weighted by molar-refractivity contribution is 6.10. The largest absolute Gasteiger partial charge is 0.309 e. The van der Waals surface area contributed by atoms with Crippen LogP contribution in [0.2, 0.25) is 0 Å². The topological polar surface area (TPSA) is 81.2 Å². The molecule has 0 spiro atoms. The third-order valence-electron chi connectivity index (χ3n) is 10.4. The highest BCUT2D eigenvalue weighted by Gasteiger charge is 2.39. The zero-order chi connectivity index (χ0) is 34.7. The molecule has 5 heteroatoms. The van der Waals surface area contributed by atoms with Gasteiger partial charge in [-0.25, -0.2) is 0 Å². The first-order chi connectivity index (χ1) is 25.0. The predicted octanol–water partition coefficient (Wildman–Crippen LogP) is 10.9. The van der Waals surface area contributed by atoms with Crippen LogP contribution in [0.4, 0.5) is 0 Å². The van der Waals surface area contributed by atoms with Gasteiger partial charge in [-0.2, -0.15) is 15.8 Å². The molecule has 0 N–H and O–H groups in total. The van der Waals surface area contributed by atoms with Gasteiger partial charge in [0.15, 0.2) is 0 Å².